The Bertz CT molecular complexity index is 818. The molecule has 4 rings (SSSR count). The van der Waals surface area contributed by atoms with Gasteiger partial charge in [-0.25, -0.2) is 4.98 Å². The summed E-state index contributed by atoms with van der Waals surface area (Å²) in [4.78, 5) is 4.76. The van der Waals surface area contributed by atoms with Crippen LogP contribution in [-0.4, -0.2) is 4.98 Å². The van der Waals surface area contributed by atoms with Crippen molar-refractivity contribution in [2.75, 3.05) is 5.32 Å². The van der Waals surface area contributed by atoms with Crippen LogP contribution in [-0.2, 0) is 6.42 Å². The predicted molar refractivity (Wildman–Crippen MR) is 83.5 cm³/mol. The van der Waals surface area contributed by atoms with E-state index in [1.807, 2.05) is 12.1 Å². The van der Waals surface area contributed by atoms with Gasteiger partial charge in [0, 0.05) is 23.7 Å². The second-order valence-corrected chi connectivity index (χ2v) is 5.04. The van der Waals surface area contributed by atoms with Crippen molar-refractivity contribution in [2.24, 2.45) is 0 Å². The lowest BCUT2D eigenvalue weighted by molar-refractivity contribution is 1.20. The Morgan fingerprint density at radius 3 is 2.70 bits per heavy atom. The zero-order valence-electron chi connectivity index (χ0n) is 11.0. The van der Waals surface area contributed by atoms with Crippen LogP contribution >= 0.6 is 0 Å². The molecule has 2 nitrogen and oxygen atoms in total. The number of benzene rings is 2. The van der Waals surface area contributed by atoms with Crippen molar-refractivity contribution in [3.63, 3.8) is 0 Å². The van der Waals surface area contributed by atoms with E-state index < -0.39 is 0 Å². The lowest BCUT2D eigenvalue weighted by Crippen LogP contribution is -2.05. The number of anilines is 1. The maximum atomic E-state index is 4.76. The van der Waals surface area contributed by atoms with Gasteiger partial charge in [0.05, 0.1) is 11.2 Å². The molecule has 0 amide bonds. The largest absolute Gasteiger partial charge is 0.361 e. The van der Waals surface area contributed by atoms with Crippen LogP contribution in [0, 0.1) is 0 Å². The van der Waals surface area contributed by atoms with Crippen molar-refractivity contribution >= 4 is 22.2 Å². The molecule has 0 radical (unpaired) electrons. The highest BCUT2D eigenvalue weighted by molar-refractivity contribution is 5.82. The van der Waals surface area contributed by atoms with Crippen molar-refractivity contribution in [2.45, 2.75) is 6.42 Å². The predicted octanol–water partition coefficient (Wildman–Crippen LogP) is 4.24. The number of pyridine rings is 1. The van der Waals surface area contributed by atoms with E-state index in [4.69, 9.17) is 4.98 Å². The molecule has 0 bridgehead atoms. The second-order valence-electron chi connectivity index (χ2n) is 5.04. The molecule has 0 atom stereocenters. The van der Waals surface area contributed by atoms with Crippen molar-refractivity contribution in [3.05, 3.63) is 78.1 Å². The van der Waals surface area contributed by atoms with Crippen molar-refractivity contribution in [1.82, 2.24) is 4.98 Å². The molecule has 0 saturated heterocycles. The van der Waals surface area contributed by atoms with E-state index in [0.717, 1.165) is 17.6 Å². The molecule has 2 heterocycles. The van der Waals surface area contributed by atoms with Crippen molar-refractivity contribution < 1.29 is 0 Å². The number of nitrogens with zero attached hydrogens (tertiary/aromatic N) is 1. The van der Waals surface area contributed by atoms with E-state index >= 15 is 0 Å². The molecule has 1 aromatic heterocycles. The Kier molecular flexibility index (Phi) is 2.52. The van der Waals surface area contributed by atoms with Gasteiger partial charge in [0.25, 0.3) is 0 Å². The van der Waals surface area contributed by atoms with Crippen LogP contribution in [0.3, 0.4) is 0 Å². The van der Waals surface area contributed by atoms with Gasteiger partial charge >= 0.3 is 0 Å². The van der Waals surface area contributed by atoms with Crippen LogP contribution in [0.2, 0.25) is 0 Å². The average Bonchev–Trinajstić information content (AvgIpc) is 2.54. The fraction of sp³-hybridized carbons (Fsp3) is 0.0556. The highest BCUT2D eigenvalue weighted by atomic mass is 14.9. The fourth-order valence-electron chi connectivity index (χ4n) is 2.65. The first-order valence-electron chi connectivity index (χ1n) is 6.80. The van der Waals surface area contributed by atoms with Crippen LogP contribution in [0.25, 0.3) is 16.5 Å². The van der Waals surface area contributed by atoms with Crippen molar-refractivity contribution in [1.29, 1.82) is 0 Å². The molecule has 2 aromatic carbocycles. The SMILES string of the molecule is C1=C(c2ccc3ccccc3n2)Cc2ccccc2N1. The molecular formula is C18H14N2. The van der Waals surface area contributed by atoms with Crippen LogP contribution in [0.5, 0.6) is 0 Å². The Balaban J connectivity index is 1.75. The van der Waals surface area contributed by atoms with Crippen LogP contribution in [0.15, 0.2) is 66.9 Å². The molecule has 96 valence electrons. The van der Waals surface area contributed by atoms with Gasteiger partial charge in [0.15, 0.2) is 0 Å². The van der Waals surface area contributed by atoms with Gasteiger partial charge in [0.2, 0.25) is 0 Å². The molecule has 0 unspecified atom stereocenters. The lowest BCUT2D eigenvalue weighted by atomic mass is 9.98. The zero-order chi connectivity index (χ0) is 13.4. The summed E-state index contributed by atoms with van der Waals surface area (Å²) >= 11 is 0. The van der Waals surface area contributed by atoms with E-state index in [9.17, 15) is 0 Å². The minimum Gasteiger partial charge on any atom is -0.361 e. The number of hydrogen-bond donors (Lipinski definition) is 1. The van der Waals surface area contributed by atoms with Gasteiger partial charge in [-0.2, -0.15) is 0 Å². The number of allylic oxidation sites excluding steroid dienone is 1. The molecule has 2 heteroatoms. The van der Waals surface area contributed by atoms with Crippen LogP contribution < -0.4 is 5.32 Å². The minimum absolute atomic E-state index is 0.925. The number of rotatable bonds is 1. The fourth-order valence-corrected chi connectivity index (χ4v) is 2.65. The van der Waals surface area contributed by atoms with Gasteiger partial charge in [-0.1, -0.05) is 42.5 Å². The summed E-state index contributed by atoms with van der Waals surface area (Å²) in [6.07, 6.45) is 2.99. The summed E-state index contributed by atoms with van der Waals surface area (Å²) < 4.78 is 0. The minimum atomic E-state index is 0.925. The summed E-state index contributed by atoms with van der Waals surface area (Å²) in [5, 5.41) is 4.54. The Morgan fingerprint density at radius 2 is 1.70 bits per heavy atom. The van der Waals surface area contributed by atoms with E-state index in [1.54, 1.807) is 0 Å². The Morgan fingerprint density at radius 1 is 0.850 bits per heavy atom. The topological polar surface area (TPSA) is 24.9 Å². The normalized spacial score (nSPS) is 13.5. The zero-order valence-corrected chi connectivity index (χ0v) is 11.0. The lowest BCUT2D eigenvalue weighted by Gasteiger charge is -2.18. The van der Waals surface area contributed by atoms with Gasteiger partial charge in [-0.15, -0.1) is 0 Å². The highest BCUT2D eigenvalue weighted by Gasteiger charge is 2.12. The van der Waals surface area contributed by atoms with Crippen LogP contribution in [0.4, 0.5) is 5.69 Å². The summed E-state index contributed by atoms with van der Waals surface area (Å²) in [5.41, 5.74) is 5.84. The molecule has 1 N–H and O–H groups in total. The van der Waals surface area contributed by atoms with Gasteiger partial charge in [-0.05, 0) is 29.3 Å². The van der Waals surface area contributed by atoms with E-state index in [-0.39, 0.29) is 0 Å². The Labute approximate surface area is 117 Å². The number of fused-ring (bicyclic) bond motifs is 2. The first kappa shape index (κ1) is 11.2. The summed E-state index contributed by atoms with van der Waals surface area (Å²) in [5.74, 6) is 0. The van der Waals surface area contributed by atoms with E-state index in [0.29, 0.717) is 0 Å². The molecule has 0 fully saturated rings. The number of nitrogens with one attached hydrogen (secondary N) is 1. The second kappa shape index (κ2) is 4.49. The Hall–Kier alpha value is -2.61. The van der Waals surface area contributed by atoms with Crippen LogP contribution in [0.1, 0.15) is 11.3 Å². The maximum Gasteiger partial charge on any atom is 0.0709 e. The third-order valence-electron chi connectivity index (χ3n) is 3.73. The number of hydrogen-bond acceptors (Lipinski definition) is 2. The molecule has 0 saturated carbocycles. The standard InChI is InChI=1S/C18H14N2/c1-4-8-17-13(5-1)9-10-18(20-17)15-11-14-6-2-3-7-16(14)19-12-15/h1-10,12,19H,11H2. The molecular weight excluding hydrogens is 244 g/mol. The number of aromatic nitrogens is 1. The molecule has 3 aromatic rings. The summed E-state index contributed by atoms with van der Waals surface area (Å²) in [7, 11) is 0. The third kappa shape index (κ3) is 1.86. The molecule has 20 heavy (non-hydrogen) atoms. The highest BCUT2D eigenvalue weighted by Crippen LogP contribution is 2.28. The van der Waals surface area contributed by atoms with Gasteiger partial charge < -0.3 is 5.32 Å². The molecule has 0 aliphatic carbocycles. The van der Waals surface area contributed by atoms with Crippen molar-refractivity contribution in [3.8, 4) is 0 Å². The summed E-state index contributed by atoms with van der Waals surface area (Å²) in [6.45, 7) is 0. The summed E-state index contributed by atoms with van der Waals surface area (Å²) in [6, 6.07) is 20.9. The quantitative estimate of drug-likeness (QED) is 0.706. The molecule has 1 aliphatic heterocycles. The van der Waals surface area contributed by atoms with E-state index in [1.165, 1.54) is 22.2 Å². The third-order valence-corrected chi connectivity index (χ3v) is 3.73. The number of para-hydroxylation sites is 2. The molecule has 0 spiro atoms. The first-order valence-corrected chi connectivity index (χ1v) is 6.80. The average molecular weight is 258 g/mol. The first-order chi connectivity index (χ1) is 9.90. The molecule has 1 aliphatic rings. The van der Waals surface area contributed by atoms with Gasteiger partial charge in [-0.3, -0.25) is 0 Å². The van der Waals surface area contributed by atoms with E-state index in [2.05, 4.69) is 60.0 Å². The van der Waals surface area contributed by atoms with Gasteiger partial charge in [0.1, 0.15) is 0 Å². The monoisotopic (exact) mass is 258 g/mol. The smallest absolute Gasteiger partial charge is 0.0709 e. The maximum absolute atomic E-state index is 4.76.